The first kappa shape index (κ1) is 8.75. The van der Waals surface area contributed by atoms with Crippen LogP contribution in [-0.2, 0) is 11.3 Å². The number of nitrogens with zero attached hydrogens (tertiary/aromatic N) is 2. The molecule has 1 aromatic heterocycles. The number of aryl methyl sites for hydroxylation is 2. The van der Waals surface area contributed by atoms with Crippen LogP contribution in [0.15, 0.2) is 12.3 Å². The standard InChI is InChI=1S/C10H16N2O/c1-9-2-5-11-12(9)6-3-10-4-7-13-8-10/h2,5,10H,3-4,6-8H2,1H3. The third-order valence-electron chi connectivity index (χ3n) is 2.70. The number of hydrogen-bond acceptors (Lipinski definition) is 2. The maximum Gasteiger partial charge on any atom is 0.0495 e. The van der Waals surface area contributed by atoms with E-state index in [1.807, 2.05) is 12.3 Å². The number of hydrogen-bond donors (Lipinski definition) is 0. The Morgan fingerprint density at radius 3 is 3.23 bits per heavy atom. The Balaban J connectivity index is 1.82. The van der Waals surface area contributed by atoms with E-state index in [1.165, 1.54) is 18.5 Å². The van der Waals surface area contributed by atoms with Crippen LogP contribution in [0.25, 0.3) is 0 Å². The lowest BCUT2D eigenvalue weighted by molar-refractivity contribution is 0.183. The van der Waals surface area contributed by atoms with Gasteiger partial charge in [-0.2, -0.15) is 5.10 Å². The lowest BCUT2D eigenvalue weighted by atomic mass is 10.1. The van der Waals surface area contributed by atoms with Crippen LogP contribution in [0.5, 0.6) is 0 Å². The van der Waals surface area contributed by atoms with Crippen LogP contribution in [-0.4, -0.2) is 23.0 Å². The van der Waals surface area contributed by atoms with Gasteiger partial charge in [0.15, 0.2) is 0 Å². The average molecular weight is 180 g/mol. The molecule has 2 heterocycles. The van der Waals surface area contributed by atoms with Crippen LogP contribution in [0.3, 0.4) is 0 Å². The SMILES string of the molecule is Cc1ccnn1CCC1CCOC1. The Morgan fingerprint density at radius 2 is 2.62 bits per heavy atom. The Kier molecular flexibility index (Phi) is 2.64. The van der Waals surface area contributed by atoms with Crippen LogP contribution in [0, 0.1) is 12.8 Å². The lowest BCUT2D eigenvalue weighted by Crippen LogP contribution is -2.08. The first-order valence-electron chi connectivity index (χ1n) is 4.92. The van der Waals surface area contributed by atoms with Gasteiger partial charge in [-0.1, -0.05) is 0 Å². The summed E-state index contributed by atoms with van der Waals surface area (Å²) in [6.07, 6.45) is 4.28. The Labute approximate surface area is 78.7 Å². The minimum Gasteiger partial charge on any atom is -0.381 e. The van der Waals surface area contributed by atoms with Gasteiger partial charge in [-0.25, -0.2) is 0 Å². The molecule has 0 saturated carbocycles. The van der Waals surface area contributed by atoms with Crippen LogP contribution in [0.2, 0.25) is 0 Å². The van der Waals surface area contributed by atoms with Gasteiger partial charge < -0.3 is 4.74 Å². The van der Waals surface area contributed by atoms with Crippen molar-refractivity contribution in [2.45, 2.75) is 26.3 Å². The summed E-state index contributed by atoms with van der Waals surface area (Å²) in [5.74, 6) is 0.753. The predicted octanol–water partition coefficient (Wildman–Crippen LogP) is 1.62. The van der Waals surface area contributed by atoms with Crippen molar-refractivity contribution in [3.05, 3.63) is 18.0 Å². The van der Waals surface area contributed by atoms with Crippen molar-refractivity contribution in [2.24, 2.45) is 5.92 Å². The van der Waals surface area contributed by atoms with Crippen LogP contribution in [0.4, 0.5) is 0 Å². The second-order valence-corrected chi connectivity index (χ2v) is 3.71. The van der Waals surface area contributed by atoms with Crippen LogP contribution >= 0.6 is 0 Å². The molecule has 72 valence electrons. The highest BCUT2D eigenvalue weighted by Crippen LogP contribution is 2.17. The molecule has 1 aromatic rings. The fourth-order valence-electron chi connectivity index (χ4n) is 1.75. The van der Waals surface area contributed by atoms with Gasteiger partial charge in [0.1, 0.15) is 0 Å². The predicted molar refractivity (Wildman–Crippen MR) is 50.5 cm³/mol. The van der Waals surface area contributed by atoms with Gasteiger partial charge in [0.05, 0.1) is 0 Å². The van der Waals surface area contributed by atoms with Gasteiger partial charge in [-0.3, -0.25) is 4.68 Å². The molecule has 3 heteroatoms. The molecule has 1 aliphatic heterocycles. The molecule has 3 nitrogen and oxygen atoms in total. The largest absolute Gasteiger partial charge is 0.381 e. The fraction of sp³-hybridized carbons (Fsp3) is 0.700. The summed E-state index contributed by atoms with van der Waals surface area (Å²) in [6.45, 7) is 5.02. The zero-order chi connectivity index (χ0) is 9.10. The van der Waals surface area contributed by atoms with Crippen molar-refractivity contribution in [1.82, 2.24) is 9.78 Å². The van der Waals surface area contributed by atoms with E-state index in [-0.39, 0.29) is 0 Å². The summed E-state index contributed by atoms with van der Waals surface area (Å²) in [7, 11) is 0. The summed E-state index contributed by atoms with van der Waals surface area (Å²) < 4.78 is 7.40. The first-order valence-corrected chi connectivity index (χ1v) is 4.92. The van der Waals surface area contributed by atoms with E-state index in [0.29, 0.717) is 0 Å². The molecule has 1 fully saturated rings. The minimum absolute atomic E-state index is 0.753. The van der Waals surface area contributed by atoms with Crippen molar-refractivity contribution in [3.63, 3.8) is 0 Å². The van der Waals surface area contributed by atoms with Crippen molar-refractivity contribution >= 4 is 0 Å². The minimum atomic E-state index is 0.753. The Hall–Kier alpha value is -0.830. The maximum atomic E-state index is 5.33. The number of aromatic nitrogens is 2. The Bertz CT molecular complexity index is 264. The van der Waals surface area contributed by atoms with E-state index in [1.54, 1.807) is 0 Å². The summed E-state index contributed by atoms with van der Waals surface area (Å²) in [6, 6.07) is 2.05. The lowest BCUT2D eigenvalue weighted by Gasteiger charge is -2.08. The molecule has 2 rings (SSSR count). The molecule has 0 N–H and O–H groups in total. The second kappa shape index (κ2) is 3.92. The molecule has 1 aliphatic rings. The zero-order valence-corrected chi connectivity index (χ0v) is 8.07. The molecule has 0 amide bonds. The highest BCUT2D eigenvalue weighted by atomic mass is 16.5. The monoisotopic (exact) mass is 180 g/mol. The zero-order valence-electron chi connectivity index (χ0n) is 8.07. The van der Waals surface area contributed by atoms with E-state index in [0.717, 1.165) is 25.7 Å². The summed E-state index contributed by atoms with van der Waals surface area (Å²) in [4.78, 5) is 0. The number of ether oxygens (including phenoxy) is 1. The van der Waals surface area contributed by atoms with E-state index in [2.05, 4.69) is 16.7 Å². The van der Waals surface area contributed by atoms with Gasteiger partial charge in [0, 0.05) is 31.6 Å². The smallest absolute Gasteiger partial charge is 0.0495 e. The third-order valence-corrected chi connectivity index (χ3v) is 2.70. The maximum absolute atomic E-state index is 5.33. The van der Waals surface area contributed by atoms with Gasteiger partial charge in [-0.15, -0.1) is 0 Å². The highest BCUT2D eigenvalue weighted by molar-refractivity contribution is 4.96. The molecular formula is C10H16N2O. The molecular weight excluding hydrogens is 164 g/mol. The quantitative estimate of drug-likeness (QED) is 0.706. The molecule has 0 spiro atoms. The van der Waals surface area contributed by atoms with Crippen molar-refractivity contribution in [1.29, 1.82) is 0 Å². The molecule has 0 aliphatic carbocycles. The van der Waals surface area contributed by atoms with E-state index >= 15 is 0 Å². The van der Waals surface area contributed by atoms with E-state index in [9.17, 15) is 0 Å². The summed E-state index contributed by atoms with van der Waals surface area (Å²) in [5, 5.41) is 4.25. The molecule has 0 aromatic carbocycles. The van der Waals surface area contributed by atoms with Crippen LogP contribution in [0.1, 0.15) is 18.5 Å². The fourth-order valence-corrected chi connectivity index (χ4v) is 1.75. The van der Waals surface area contributed by atoms with Gasteiger partial charge in [-0.05, 0) is 31.7 Å². The normalized spacial score (nSPS) is 22.4. The molecule has 13 heavy (non-hydrogen) atoms. The van der Waals surface area contributed by atoms with Gasteiger partial charge in [0.25, 0.3) is 0 Å². The van der Waals surface area contributed by atoms with Gasteiger partial charge in [0.2, 0.25) is 0 Å². The molecule has 1 unspecified atom stereocenters. The topological polar surface area (TPSA) is 27.1 Å². The second-order valence-electron chi connectivity index (χ2n) is 3.71. The van der Waals surface area contributed by atoms with E-state index in [4.69, 9.17) is 4.74 Å². The molecule has 0 bridgehead atoms. The molecule has 1 saturated heterocycles. The third kappa shape index (κ3) is 2.10. The van der Waals surface area contributed by atoms with Crippen molar-refractivity contribution < 1.29 is 4.74 Å². The first-order chi connectivity index (χ1) is 6.36. The van der Waals surface area contributed by atoms with Gasteiger partial charge >= 0.3 is 0 Å². The van der Waals surface area contributed by atoms with Crippen LogP contribution < -0.4 is 0 Å². The molecule has 1 atom stereocenters. The molecule has 0 radical (unpaired) electrons. The number of rotatable bonds is 3. The summed E-state index contributed by atoms with van der Waals surface area (Å²) >= 11 is 0. The highest BCUT2D eigenvalue weighted by Gasteiger charge is 2.15. The average Bonchev–Trinajstić information content (AvgIpc) is 2.72. The van der Waals surface area contributed by atoms with Crippen molar-refractivity contribution in [2.75, 3.05) is 13.2 Å². The summed E-state index contributed by atoms with van der Waals surface area (Å²) in [5.41, 5.74) is 1.25. The van der Waals surface area contributed by atoms with Crippen molar-refractivity contribution in [3.8, 4) is 0 Å². The van der Waals surface area contributed by atoms with E-state index < -0.39 is 0 Å². The Morgan fingerprint density at radius 1 is 1.69 bits per heavy atom.